The zero-order chi connectivity index (χ0) is 26.5. The number of aryl methyl sites for hydroxylation is 1. The summed E-state index contributed by atoms with van der Waals surface area (Å²) in [5.74, 6) is -0.207. The second-order valence-electron chi connectivity index (χ2n) is 9.51. The lowest BCUT2D eigenvalue weighted by molar-refractivity contribution is -0.378. The number of ether oxygens (including phenoxy) is 2. The normalized spacial score (nSPS) is 16.9. The maximum absolute atomic E-state index is 13.8. The van der Waals surface area contributed by atoms with E-state index in [0.717, 1.165) is 11.1 Å². The highest BCUT2D eigenvalue weighted by Crippen LogP contribution is 2.40. The van der Waals surface area contributed by atoms with Gasteiger partial charge >= 0.3 is 0 Å². The average Bonchev–Trinajstić information content (AvgIpc) is 3.13. The first-order valence-electron chi connectivity index (χ1n) is 12.5. The van der Waals surface area contributed by atoms with Gasteiger partial charge in [0.2, 0.25) is 5.78 Å². The molecule has 3 aromatic rings. The first-order valence-corrected chi connectivity index (χ1v) is 12.5. The van der Waals surface area contributed by atoms with E-state index in [-0.39, 0.29) is 12.1 Å². The quantitative estimate of drug-likeness (QED) is 0.254. The van der Waals surface area contributed by atoms with Crippen molar-refractivity contribution in [2.75, 3.05) is 13.2 Å². The Morgan fingerprint density at radius 1 is 1.08 bits per heavy atom. The number of aromatic amines is 1. The highest BCUT2D eigenvalue weighted by Gasteiger charge is 2.44. The SMILES string of the molecule is CCOc1ccc(C2/C(=C(\[O-])c3ccc(OCC(C)C)c(C)c3)C(=O)C(=O)N2Cc2ccc[nH+]c2)cc1. The summed E-state index contributed by atoms with van der Waals surface area (Å²) >= 11 is 0. The van der Waals surface area contributed by atoms with Gasteiger partial charge in [0.25, 0.3) is 5.91 Å². The number of nitrogens with zero attached hydrogens (tertiary/aromatic N) is 1. The number of hydrogen-bond donors (Lipinski definition) is 0. The molecule has 7 heteroatoms. The number of amides is 1. The summed E-state index contributed by atoms with van der Waals surface area (Å²) in [6, 6.07) is 15.2. The fraction of sp³-hybridized carbons (Fsp3) is 0.300. The van der Waals surface area contributed by atoms with Gasteiger partial charge in [-0.1, -0.05) is 37.8 Å². The molecule has 2 aromatic carbocycles. The van der Waals surface area contributed by atoms with Crippen LogP contribution in [-0.2, 0) is 16.1 Å². The van der Waals surface area contributed by atoms with Crippen LogP contribution in [0.4, 0.5) is 0 Å². The molecule has 0 saturated carbocycles. The molecule has 1 N–H and O–H groups in total. The van der Waals surface area contributed by atoms with Crippen molar-refractivity contribution in [3.05, 3.63) is 94.8 Å². The lowest BCUT2D eigenvalue weighted by Crippen LogP contribution is -2.29. The Morgan fingerprint density at radius 2 is 1.84 bits per heavy atom. The number of carbonyl (C=O) groups is 2. The number of benzene rings is 2. The molecule has 1 fully saturated rings. The molecule has 192 valence electrons. The van der Waals surface area contributed by atoms with E-state index in [1.807, 2.05) is 26.0 Å². The summed E-state index contributed by atoms with van der Waals surface area (Å²) in [5, 5.41) is 13.8. The van der Waals surface area contributed by atoms with Gasteiger partial charge in [-0.2, -0.15) is 0 Å². The molecule has 4 rings (SSSR count). The fourth-order valence-electron chi connectivity index (χ4n) is 4.38. The topological polar surface area (TPSA) is 93.0 Å². The molecule has 1 unspecified atom stereocenters. The number of aromatic nitrogens is 1. The van der Waals surface area contributed by atoms with Crippen LogP contribution in [0, 0.1) is 12.8 Å². The summed E-state index contributed by atoms with van der Waals surface area (Å²) in [6.07, 6.45) is 3.54. The maximum atomic E-state index is 13.8. The van der Waals surface area contributed by atoms with Gasteiger partial charge in [-0.3, -0.25) is 9.59 Å². The van der Waals surface area contributed by atoms with Crippen LogP contribution >= 0.6 is 0 Å². The van der Waals surface area contributed by atoms with Crippen LogP contribution in [0.25, 0.3) is 5.76 Å². The number of H-pyrrole nitrogens is 1. The lowest BCUT2D eigenvalue weighted by atomic mass is 9.94. The van der Waals surface area contributed by atoms with Gasteiger partial charge in [0, 0.05) is 17.2 Å². The second kappa shape index (κ2) is 11.3. The van der Waals surface area contributed by atoms with Crippen molar-refractivity contribution in [2.24, 2.45) is 5.92 Å². The van der Waals surface area contributed by atoms with Crippen molar-refractivity contribution in [2.45, 2.75) is 40.3 Å². The predicted octanol–water partition coefficient (Wildman–Crippen LogP) is 3.67. The third kappa shape index (κ3) is 5.66. The van der Waals surface area contributed by atoms with E-state index < -0.39 is 23.5 Å². The van der Waals surface area contributed by atoms with E-state index in [4.69, 9.17) is 9.47 Å². The minimum Gasteiger partial charge on any atom is -0.872 e. The van der Waals surface area contributed by atoms with E-state index in [1.54, 1.807) is 54.9 Å². The van der Waals surface area contributed by atoms with Crippen molar-refractivity contribution in [3.8, 4) is 11.5 Å². The van der Waals surface area contributed by atoms with Gasteiger partial charge in [-0.15, -0.1) is 0 Å². The molecule has 2 heterocycles. The third-order valence-electron chi connectivity index (χ3n) is 6.17. The van der Waals surface area contributed by atoms with E-state index in [2.05, 4.69) is 18.8 Å². The van der Waals surface area contributed by atoms with Crippen molar-refractivity contribution < 1.29 is 29.2 Å². The van der Waals surface area contributed by atoms with Crippen LogP contribution in [-0.4, -0.2) is 29.8 Å². The summed E-state index contributed by atoms with van der Waals surface area (Å²) in [4.78, 5) is 31.0. The lowest BCUT2D eigenvalue weighted by Gasteiger charge is -2.27. The number of rotatable bonds is 9. The summed E-state index contributed by atoms with van der Waals surface area (Å²) in [6.45, 7) is 9.14. The summed E-state index contributed by atoms with van der Waals surface area (Å²) in [7, 11) is 0. The largest absolute Gasteiger partial charge is 0.872 e. The molecule has 1 saturated heterocycles. The highest BCUT2D eigenvalue weighted by molar-refractivity contribution is 6.46. The first kappa shape index (κ1) is 25.9. The maximum Gasteiger partial charge on any atom is 0.295 e. The second-order valence-corrected chi connectivity index (χ2v) is 9.51. The Hall–Kier alpha value is -4.13. The molecular formula is C30H32N2O5. The van der Waals surface area contributed by atoms with Gasteiger partial charge in [0.05, 0.1) is 25.8 Å². The molecule has 0 bridgehead atoms. The molecule has 1 amide bonds. The molecule has 0 radical (unpaired) electrons. The summed E-state index contributed by atoms with van der Waals surface area (Å²) in [5.41, 5.74) is 2.56. The van der Waals surface area contributed by atoms with Crippen molar-refractivity contribution >= 4 is 17.4 Å². The van der Waals surface area contributed by atoms with E-state index >= 15 is 0 Å². The number of carbonyl (C=O) groups excluding carboxylic acids is 2. The summed E-state index contributed by atoms with van der Waals surface area (Å²) < 4.78 is 11.4. The van der Waals surface area contributed by atoms with Gasteiger partial charge < -0.3 is 19.5 Å². The number of hydrogen-bond acceptors (Lipinski definition) is 5. The Balaban J connectivity index is 1.78. The fourth-order valence-corrected chi connectivity index (χ4v) is 4.38. The van der Waals surface area contributed by atoms with E-state index in [0.29, 0.717) is 41.8 Å². The van der Waals surface area contributed by atoms with Crippen molar-refractivity contribution in [1.29, 1.82) is 0 Å². The molecule has 7 nitrogen and oxygen atoms in total. The Morgan fingerprint density at radius 3 is 2.46 bits per heavy atom. The first-order chi connectivity index (χ1) is 17.8. The molecule has 1 aliphatic rings. The van der Waals surface area contributed by atoms with Gasteiger partial charge in [0.15, 0.2) is 12.4 Å². The molecule has 0 spiro atoms. The minimum atomic E-state index is -0.819. The number of nitrogens with one attached hydrogen (secondary N) is 1. The monoisotopic (exact) mass is 500 g/mol. The Labute approximate surface area is 217 Å². The molecule has 1 aliphatic heterocycles. The van der Waals surface area contributed by atoms with E-state index in [9.17, 15) is 14.7 Å². The van der Waals surface area contributed by atoms with Crippen molar-refractivity contribution in [1.82, 2.24) is 4.90 Å². The van der Waals surface area contributed by atoms with Gasteiger partial charge in [-0.05, 0) is 66.8 Å². The van der Waals surface area contributed by atoms with Crippen molar-refractivity contribution in [3.63, 3.8) is 0 Å². The zero-order valence-electron chi connectivity index (χ0n) is 21.6. The predicted molar refractivity (Wildman–Crippen MR) is 137 cm³/mol. The number of ketones is 1. The van der Waals surface area contributed by atoms with Crippen LogP contribution in [0.1, 0.15) is 49.1 Å². The van der Waals surface area contributed by atoms with Crippen LogP contribution in [0.3, 0.4) is 0 Å². The van der Waals surface area contributed by atoms with Crippen LogP contribution in [0.15, 0.2) is 72.6 Å². The molecular weight excluding hydrogens is 468 g/mol. The third-order valence-corrected chi connectivity index (χ3v) is 6.17. The van der Waals surface area contributed by atoms with Crippen LogP contribution in [0.2, 0.25) is 0 Å². The molecule has 37 heavy (non-hydrogen) atoms. The number of Topliss-reactive ketones (excluding diaryl/α,β-unsaturated/α-hetero) is 1. The zero-order valence-corrected chi connectivity index (χ0v) is 21.6. The molecule has 1 atom stereocenters. The molecule has 1 aromatic heterocycles. The Bertz CT molecular complexity index is 1300. The highest BCUT2D eigenvalue weighted by atomic mass is 16.5. The van der Waals surface area contributed by atoms with Crippen LogP contribution < -0.4 is 19.6 Å². The van der Waals surface area contributed by atoms with Gasteiger partial charge in [-0.25, -0.2) is 4.98 Å². The molecule has 0 aliphatic carbocycles. The standard InChI is InChI=1S/C30H32N2O5/c1-5-36-24-11-8-22(9-12-24)27-26(29(34)30(35)32(27)17-21-7-6-14-31-16-21)28(33)23-10-13-25(20(4)15-23)37-18-19(2)3/h6-16,19,27,33H,5,17-18H2,1-4H3/b28-26+. The average molecular weight is 501 g/mol. The Kier molecular flexibility index (Phi) is 7.92. The minimum absolute atomic E-state index is 0.0516. The number of pyridine rings is 1. The van der Waals surface area contributed by atoms with Crippen LogP contribution in [0.5, 0.6) is 11.5 Å². The van der Waals surface area contributed by atoms with E-state index in [1.165, 1.54) is 4.90 Å². The van der Waals surface area contributed by atoms with Gasteiger partial charge in [0.1, 0.15) is 11.5 Å². The number of likely N-dealkylation sites (tertiary alicyclic amines) is 1. The smallest absolute Gasteiger partial charge is 0.295 e.